The molecule has 2 fully saturated rings. The SMILES string of the molecule is COc1cc2c(cc1NC(=O)CN1C(=O)NC3(CCCCC3C)C1=O)oc1ccccc12. The number of anilines is 1. The van der Waals surface area contributed by atoms with Crippen molar-refractivity contribution in [3.05, 3.63) is 36.4 Å². The Bertz CT molecular complexity index is 1250. The quantitative estimate of drug-likeness (QED) is 0.603. The molecule has 166 valence electrons. The first kappa shape index (κ1) is 20.4. The van der Waals surface area contributed by atoms with Gasteiger partial charge < -0.3 is 19.8 Å². The lowest BCUT2D eigenvalue weighted by Gasteiger charge is -2.36. The zero-order chi connectivity index (χ0) is 22.5. The van der Waals surface area contributed by atoms with E-state index in [1.807, 2.05) is 37.3 Å². The van der Waals surface area contributed by atoms with E-state index in [4.69, 9.17) is 9.15 Å². The molecular formula is C24H25N3O5. The lowest BCUT2D eigenvalue weighted by Crippen LogP contribution is -2.54. The molecule has 2 aliphatic rings. The second-order valence-corrected chi connectivity index (χ2v) is 8.63. The van der Waals surface area contributed by atoms with Gasteiger partial charge in [0.15, 0.2) is 0 Å². The van der Waals surface area contributed by atoms with Crippen LogP contribution < -0.4 is 15.4 Å². The van der Waals surface area contributed by atoms with Crippen molar-refractivity contribution in [2.45, 2.75) is 38.1 Å². The molecule has 1 aromatic heterocycles. The number of carbonyl (C=O) groups is 3. The predicted molar refractivity (Wildman–Crippen MR) is 120 cm³/mol. The topological polar surface area (TPSA) is 101 Å². The number of benzene rings is 2. The minimum atomic E-state index is -0.888. The van der Waals surface area contributed by atoms with E-state index >= 15 is 0 Å². The number of hydrogen-bond acceptors (Lipinski definition) is 5. The molecule has 1 aliphatic heterocycles. The standard InChI is InChI=1S/C24H25N3O5/c1-14-7-5-6-10-24(14)22(29)27(23(30)26-24)13-21(28)25-17-12-19-16(11-20(17)31-2)15-8-3-4-9-18(15)32-19/h3-4,8-9,11-12,14H,5-7,10,13H2,1-2H3,(H,25,28)(H,26,30). The van der Waals surface area contributed by atoms with Crippen molar-refractivity contribution in [1.82, 2.24) is 10.2 Å². The first-order valence-corrected chi connectivity index (χ1v) is 10.9. The molecule has 1 saturated carbocycles. The summed E-state index contributed by atoms with van der Waals surface area (Å²) < 4.78 is 11.4. The van der Waals surface area contributed by atoms with Crippen LogP contribution in [0.5, 0.6) is 5.75 Å². The van der Waals surface area contributed by atoms with E-state index in [-0.39, 0.29) is 18.4 Å². The Morgan fingerprint density at radius 3 is 2.81 bits per heavy atom. The van der Waals surface area contributed by atoms with Crippen LogP contribution in [0.3, 0.4) is 0 Å². The van der Waals surface area contributed by atoms with Gasteiger partial charge >= 0.3 is 6.03 Å². The zero-order valence-corrected chi connectivity index (χ0v) is 18.1. The highest BCUT2D eigenvalue weighted by Gasteiger charge is 2.55. The maximum atomic E-state index is 13.1. The Balaban J connectivity index is 1.38. The molecule has 8 nitrogen and oxygen atoms in total. The molecule has 4 amide bonds. The molecule has 32 heavy (non-hydrogen) atoms. The number of furan rings is 1. The Morgan fingerprint density at radius 1 is 1.22 bits per heavy atom. The number of carbonyl (C=O) groups excluding carboxylic acids is 3. The molecule has 3 aromatic rings. The normalized spacial score (nSPS) is 23.2. The maximum Gasteiger partial charge on any atom is 0.325 e. The van der Waals surface area contributed by atoms with Crippen LogP contribution in [0.1, 0.15) is 32.6 Å². The number of nitrogens with one attached hydrogen (secondary N) is 2. The number of rotatable bonds is 4. The minimum absolute atomic E-state index is 0.0383. The van der Waals surface area contributed by atoms with Gasteiger partial charge in [0.05, 0.1) is 12.8 Å². The molecule has 2 heterocycles. The number of urea groups is 1. The van der Waals surface area contributed by atoms with Crippen LogP contribution >= 0.6 is 0 Å². The van der Waals surface area contributed by atoms with Crippen LogP contribution in [-0.2, 0) is 9.59 Å². The van der Waals surface area contributed by atoms with Gasteiger partial charge in [-0.25, -0.2) is 4.79 Å². The first-order valence-electron chi connectivity index (χ1n) is 10.9. The molecule has 1 aliphatic carbocycles. The fourth-order valence-corrected chi connectivity index (χ4v) is 4.99. The predicted octanol–water partition coefficient (Wildman–Crippen LogP) is 4.03. The summed E-state index contributed by atoms with van der Waals surface area (Å²) in [4.78, 5) is 39.5. The average molecular weight is 435 g/mol. The van der Waals surface area contributed by atoms with Crippen molar-refractivity contribution in [2.24, 2.45) is 5.92 Å². The molecular weight excluding hydrogens is 410 g/mol. The molecule has 2 atom stereocenters. The highest BCUT2D eigenvalue weighted by atomic mass is 16.5. The van der Waals surface area contributed by atoms with Gasteiger partial charge in [0.25, 0.3) is 5.91 Å². The summed E-state index contributed by atoms with van der Waals surface area (Å²) in [6, 6.07) is 10.6. The van der Waals surface area contributed by atoms with Crippen LogP contribution in [0, 0.1) is 5.92 Å². The third kappa shape index (κ3) is 3.09. The second kappa shape index (κ2) is 7.55. The number of imide groups is 1. The van der Waals surface area contributed by atoms with Crippen LogP contribution in [-0.4, -0.2) is 41.9 Å². The van der Waals surface area contributed by atoms with Gasteiger partial charge in [-0.05, 0) is 30.9 Å². The summed E-state index contributed by atoms with van der Waals surface area (Å²) >= 11 is 0. The zero-order valence-electron chi connectivity index (χ0n) is 18.1. The van der Waals surface area contributed by atoms with Crippen LogP contribution in [0.4, 0.5) is 10.5 Å². The van der Waals surface area contributed by atoms with E-state index in [1.165, 1.54) is 7.11 Å². The molecule has 1 saturated heterocycles. The van der Waals surface area contributed by atoms with Crippen molar-refractivity contribution in [2.75, 3.05) is 19.0 Å². The van der Waals surface area contributed by atoms with Crippen molar-refractivity contribution in [1.29, 1.82) is 0 Å². The average Bonchev–Trinajstić information content (AvgIpc) is 3.25. The Kier molecular flexibility index (Phi) is 4.80. The smallest absolute Gasteiger partial charge is 0.325 e. The van der Waals surface area contributed by atoms with Crippen molar-refractivity contribution < 1.29 is 23.5 Å². The van der Waals surface area contributed by atoms with E-state index in [9.17, 15) is 14.4 Å². The molecule has 2 N–H and O–H groups in total. The summed E-state index contributed by atoms with van der Waals surface area (Å²) in [5.74, 6) is -0.296. The number of hydrogen-bond donors (Lipinski definition) is 2. The fourth-order valence-electron chi connectivity index (χ4n) is 4.99. The van der Waals surface area contributed by atoms with Crippen LogP contribution in [0.25, 0.3) is 21.9 Å². The van der Waals surface area contributed by atoms with Gasteiger partial charge in [-0.2, -0.15) is 0 Å². The first-order chi connectivity index (χ1) is 15.4. The van der Waals surface area contributed by atoms with E-state index < -0.39 is 17.5 Å². The lowest BCUT2D eigenvalue weighted by atomic mass is 9.73. The van der Waals surface area contributed by atoms with Gasteiger partial charge in [0.1, 0.15) is 29.0 Å². The Morgan fingerprint density at radius 2 is 2.03 bits per heavy atom. The number of para-hydroxylation sites is 1. The number of amides is 4. The summed E-state index contributed by atoms with van der Waals surface area (Å²) in [5, 5.41) is 7.46. The van der Waals surface area contributed by atoms with Gasteiger partial charge in [-0.1, -0.05) is 38.0 Å². The summed E-state index contributed by atoms with van der Waals surface area (Å²) in [7, 11) is 1.52. The summed E-state index contributed by atoms with van der Waals surface area (Å²) in [6.45, 7) is 1.62. The van der Waals surface area contributed by atoms with Crippen molar-refractivity contribution >= 4 is 45.5 Å². The molecule has 8 heteroatoms. The minimum Gasteiger partial charge on any atom is -0.495 e. The maximum absolute atomic E-state index is 13.1. The number of methoxy groups -OCH3 is 1. The van der Waals surface area contributed by atoms with Gasteiger partial charge in [-0.3, -0.25) is 14.5 Å². The third-order valence-corrected chi connectivity index (χ3v) is 6.78. The summed E-state index contributed by atoms with van der Waals surface area (Å²) in [5.41, 5.74) is 0.865. The fraction of sp³-hybridized carbons (Fsp3) is 0.375. The van der Waals surface area contributed by atoms with Crippen LogP contribution in [0.2, 0.25) is 0 Å². The van der Waals surface area contributed by atoms with E-state index in [2.05, 4.69) is 10.6 Å². The van der Waals surface area contributed by atoms with E-state index in [0.29, 0.717) is 23.4 Å². The molecule has 5 rings (SSSR count). The molecule has 2 aromatic carbocycles. The molecule has 0 bridgehead atoms. The summed E-state index contributed by atoms with van der Waals surface area (Å²) in [6.07, 6.45) is 3.40. The van der Waals surface area contributed by atoms with E-state index in [1.54, 1.807) is 6.07 Å². The van der Waals surface area contributed by atoms with Gasteiger partial charge in [0, 0.05) is 16.8 Å². The van der Waals surface area contributed by atoms with Crippen molar-refractivity contribution in [3.8, 4) is 5.75 Å². The van der Waals surface area contributed by atoms with Gasteiger partial charge in [-0.15, -0.1) is 0 Å². The molecule has 0 radical (unpaired) electrons. The number of ether oxygens (including phenoxy) is 1. The second-order valence-electron chi connectivity index (χ2n) is 8.63. The van der Waals surface area contributed by atoms with Crippen molar-refractivity contribution in [3.63, 3.8) is 0 Å². The largest absolute Gasteiger partial charge is 0.495 e. The third-order valence-electron chi connectivity index (χ3n) is 6.78. The highest BCUT2D eigenvalue weighted by molar-refractivity contribution is 6.11. The monoisotopic (exact) mass is 435 g/mol. The number of nitrogens with zero attached hydrogens (tertiary/aromatic N) is 1. The highest BCUT2D eigenvalue weighted by Crippen LogP contribution is 2.39. The Hall–Kier alpha value is -3.55. The molecule has 2 unspecified atom stereocenters. The van der Waals surface area contributed by atoms with E-state index in [0.717, 1.165) is 40.5 Å². The van der Waals surface area contributed by atoms with Gasteiger partial charge in [0.2, 0.25) is 5.91 Å². The van der Waals surface area contributed by atoms with Crippen LogP contribution in [0.15, 0.2) is 40.8 Å². The number of fused-ring (bicyclic) bond motifs is 3. The Labute approximate surface area is 184 Å². The lowest BCUT2D eigenvalue weighted by molar-refractivity contribution is -0.136. The molecule has 1 spiro atoms.